The van der Waals surface area contributed by atoms with Crippen molar-refractivity contribution in [2.75, 3.05) is 7.11 Å². The fraction of sp³-hybridized carbons (Fsp3) is 0.444. The molecule has 1 aliphatic rings. The number of hydrogen-bond donors (Lipinski definition) is 0. The normalized spacial score (nSPS) is 22.6. The summed E-state index contributed by atoms with van der Waals surface area (Å²) in [5.74, 6) is -1.18. The summed E-state index contributed by atoms with van der Waals surface area (Å²) in [5.41, 5.74) is -0.108. The average molecular weight is 362 g/mol. The molecule has 0 bridgehead atoms. The molecule has 1 aliphatic carbocycles. The molecule has 0 unspecified atom stereocenters. The molecule has 0 heterocycles. The Hall–Kier alpha value is -0.300. The largest absolute Gasteiger partial charge is 1.00 e. The van der Waals surface area contributed by atoms with Gasteiger partial charge in [0.25, 0.3) is 0 Å². The molecule has 0 saturated heterocycles. The SMILES string of the molecule is COc1cc(/C=C/C(=O)C2CCC(C)(C(=O)[O-])CC2)ccc1[O-].[Na+].[Na+]. The van der Waals surface area contributed by atoms with Crippen molar-refractivity contribution in [1.82, 2.24) is 0 Å². The van der Waals surface area contributed by atoms with E-state index in [1.54, 1.807) is 25.1 Å². The maximum Gasteiger partial charge on any atom is 1.00 e. The fourth-order valence-corrected chi connectivity index (χ4v) is 2.85. The Bertz CT molecular complexity index is 634. The second-order valence-electron chi connectivity index (χ2n) is 6.27. The van der Waals surface area contributed by atoms with E-state index in [9.17, 15) is 19.8 Å². The van der Waals surface area contributed by atoms with Crippen LogP contribution in [0.1, 0.15) is 38.2 Å². The third-order valence-corrected chi connectivity index (χ3v) is 4.61. The van der Waals surface area contributed by atoms with Crippen LogP contribution >= 0.6 is 0 Å². The van der Waals surface area contributed by atoms with Crippen molar-refractivity contribution < 1.29 is 83.7 Å². The maximum atomic E-state index is 12.2. The second kappa shape index (κ2) is 10.8. The number of ketones is 1. The van der Waals surface area contributed by atoms with Gasteiger partial charge in [0.15, 0.2) is 5.78 Å². The number of carboxylic acid groups (broad SMARTS) is 1. The van der Waals surface area contributed by atoms with E-state index in [0.717, 1.165) is 0 Å². The van der Waals surface area contributed by atoms with E-state index >= 15 is 0 Å². The molecule has 0 aliphatic heterocycles. The zero-order valence-electron chi connectivity index (χ0n) is 15.3. The molecule has 1 aromatic carbocycles. The first-order valence-electron chi connectivity index (χ1n) is 7.64. The van der Waals surface area contributed by atoms with E-state index in [0.29, 0.717) is 31.2 Å². The number of carbonyl (C=O) groups excluding carboxylic acids is 2. The Morgan fingerprint density at radius 3 is 2.36 bits per heavy atom. The molecule has 1 fully saturated rings. The van der Waals surface area contributed by atoms with Gasteiger partial charge < -0.3 is 19.7 Å². The van der Waals surface area contributed by atoms with Gasteiger partial charge in [0.1, 0.15) is 5.75 Å². The summed E-state index contributed by atoms with van der Waals surface area (Å²) in [6.45, 7) is 1.68. The molecule has 25 heavy (non-hydrogen) atoms. The number of carbonyl (C=O) groups is 2. The molecular formula is C18H20Na2O5. The van der Waals surface area contributed by atoms with Crippen molar-refractivity contribution in [3.05, 3.63) is 29.8 Å². The van der Waals surface area contributed by atoms with Crippen molar-refractivity contribution in [3.8, 4) is 11.5 Å². The predicted octanol–water partition coefficient (Wildman–Crippen LogP) is -4.69. The Morgan fingerprint density at radius 1 is 1.24 bits per heavy atom. The zero-order chi connectivity index (χ0) is 17.0. The molecule has 124 valence electrons. The molecule has 1 saturated carbocycles. The number of hydrogen-bond acceptors (Lipinski definition) is 5. The van der Waals surface area contributed by atoms with Crippen LogP contribution in [-0.4, -0.2) is 18.9 Å². The maximum absolute atomic E-state index is 12.2. The van der Waals surface area contributed by atoms with Gasteiger partial charge >= 0.3 is 59.1 Å². The molecule has 0 aromatic heterocycles. The van der Waals surface area contributed by atoms with Gasteiger partial charge in [0, 0.05) is 17.3 Å². The van der Waals surface area contributed by atoms with Crippen LogP contribution < -0.4 is 74.1 Å². The molecule has 0 N–H and O–H groups in total. The van der Waals surface area contributed by atoms with E-state index in [2.05, 4.69) is 0 Å². The third kappa shape index (κ3) is 6.42. The van der Waals surface area contributed by atoms with E-state index in [1.165, 1.54) is 19.3 Å². The standard InChI is InChI=1S/C18H22O5.2Na/c1-18(17(21)22)9-7-13(8-10-18)14(19)5-3-12-4-6-15(20)16(11-12)23-2;;/h3-6,11,13,20H,7-10H2,1-2H3,(H,21,22);;/q;2*+1/p-2/b5-3+;;. The van der Waals surface area contributed by atoms with Gasteiger partial charge in [0.2, 0.25) is 0 Å². The van der Waals surface area contributed by atoms with Crippen LogP contribution in [0.5, 0.6) is 11.5 Å². The number of carboxylic acids is 1. The summed E-state index contributed by atoms with van der Waals surface area (Å²) in [5, 5.41) is 22.5. The predicted molar refractivity (Wildman–Crippen MR) is 81.6 cm³/mol. The van der Waals surface area contributed by atoms with Gasteiger partial charge in [-0.15, -0.1) is 0 Å². The molecule has 2 rings (SSSR count). The number of benzene rings is 1. The van der Waals surface area contributed by atoms with Crippen molar-refractivity contribution in [2.24, 2.45) is 11.3 Å². The van der Waals surface area contributed by atoms with E-state index in [-0.39, 0.29) is 82.3 Å². The fourth-order valence-electron chi connectivity index (χ4n) is 2.85. The summed E-state index contributed by atoms with van der Waals surface area (Å²) >= 11 is 0. The molecule has 0 atom stereocenters. The first kappa shape index (κ1) is 24.7. The van der Waals surface area contributed by atoms with Gasteiger partial charge in [-0.2, -0.15) is 0 Å². The van der Waals surface area contributed by atoms with Gasteiger partial charge in [0.05, 0.1) is 7.11 Å². The summed E-state index contributed by atoms with van der Waals surface area (Å²) in [6, 6.07) is 4.61. The minimum atomic E-state index is -1.04. The second-order valence-corrected chi connectivity index (χ2v) is 6.27. The first-order chi connectivity index (χ1) is 10.9. The Kier molecular flexibility index (Phi) is 10.6. The van der Waals surface area contributed by atoms with Gasteiger partial charge in [-0.25, -0.2) is 0 Å². The minimum absolute atomic E-state index is 0. The Morgan fingerprint density at radius 2 is 1.84 bits per heavy atom. The van der Waals surface area contributed by atoms with Crippen molar-refractivity contribution >= 4 is 17.8 Å². The van der Waals surface area contributed by atoms with Gasteiger partial charge in [-0.3, -0.25) is 4.79 Å². The van der Waals surface area contributed by atoms with Crippen molar-refractivity contribution in [2.45, 2.75) is 32.6 Å². The molecule has 0 amide bonds. The van der Waals surface area contributed by atoms with Gasteiger partial charge in [-0.05, 0) is 43.4 Å². The summed E-state index contributed by atoms with van der Waals surface area (Å²) in [6.07, 6.45) is 5.16. The van der Waals surface area contributed by atoms with Gasteiger partial charge in [-0.1, -0.05) is 30.9 Å². The molecule has 0 spiro atoms. The van der Waals surface area contributed by atoms with E-state index in [1.807, 2.05) is 0 Å². The Labute approximate surface area is 192 Å². The van der Waals surface area contributed by atoms with Crippen LogP contribution in [0.3, 0.4) is 0 Å². The number of methoxy groups -OCH3 is 1. The molecule has 5 nitrogen and oxygen atoms in total. The smallest absolute Gasteiger partial charge is 0.870 e. The monoisotopic (exact) mass is 362 g/mol. The number of ether oxygens (including phenoxy) is 1. The molecule has 1 aromatic rings. The van der Waals surface area contributed by atoms with Crippen LogP contribution in [-0.2, 0) is 9.59 Å². The molecule has 7 heteroatoms. The summed E-state index contributed by atoms with van der Waals surface area (Å²) in [4.78, 5) is 23.3. The van der Waals surface area contributed by atoms with Crippen LogP contribution in [0.15, 0.2) is 24.3 Å². The van der Waals surface area contributed by atoms with E-state index < -0.39 is 11.4 Å². The van der Waals surface area contributed by atoms with Crippen molar-refractivity contribution in [1.29, 1.82) is 0 Å². The van der Waals surface area contributed by atoms with Crippen LogP contribution in [0.2, 0.25) is 0 Å². The third-order valence-electron chi connectivity index (χ3n) is 4.61. The number of allylic oxidation sites excluding steroid dienone is 1. The van der Waals surface area contributed by atoms with Crippen LogP contribution in [0.25, 0.3) is 6.08 Å². The summed E-state index contributed by atoms with van der Waals surface area (Å²) in [7, 11) is 1.42. The van der Waals surface area contributed by atoms with E-state index in [4.69, 9.17) is 4.74 Å². The minimum Gasteiger partial charge on any atom is -0.870 e. The summed E-state index contributed by atoms with van der Waals surface area (Å²) < 4.78 is 4.96. The first-order valence-corrected chi connectivity index (χ1v) is 7.64. The Balaban J connectivity index is 0.00000288. The average Bonchev–Trinajstić information content (AvgIpc) is 2.54. The zero-order valence-corrected chi connectivity index (χ0v) is 19.3. The number of rotatable bonds is 5. The molecular weight excluding hydrogens is 342 g/mol. The number of aliphatic carboxylic acids is 1. The topological polar surface area (TPSA) is 89.5 Å². The quantitative estimate of drug-likeness (QED) is 0.388. The van der Waals surface area contributed by atoms with Crippen LogP contribution in [0, 0.1) is 11.3 Å². The van der Waals surface area contributed by atoms with Crippen LogP contribution in [0.4, 0.5) is 0 Å². The molecule has 0 radical (unpaired) electrons. The van der Waals surface area contributed by atoms with Crippen molar-refractivity contribution in [3.63, 3.8) is 0 Å².